The third-order valence-corrected chi connectivity index (χ3v) is 2.00. The van der Waals surface area contributed by atoms with E-state index in [1.54, 1.807) is 0 Å². The van der Waals surface area contributed by atoms with Crippen molar-refractivity contribution < 1.29 is 9.53 Å². The van der Waals surface area contributed by atoms with Gasteiger partial charge in [0.15, 0.2) is 5.15 Å². The minimum Gasteiger partial charge on any atom is -0.469 e. The second kappa shape index (κ2) is 4.48. The zero-order valence-corrected chi connectivity index (χ0v) is 8.45. The van der Waals surface area contributed by atoms with Gasteiger partial charge >= 0.3 is 5.97 Å². The number of H-pyrrole nitrogens is 1. The van der Waals surface area contributed by atoms with Crippen molar-refractivity contribution in [2.75, 3.05) is 7.11 Å². The molecule has 1 rings (SSSR count). The summed E-state index contributed by atoms with van der Waals surface area (Å²) in [6, 6.07) is 0. The maximum atomic E-state index is 10.8. The fourth-order valence-electron chi connectivity index (χ4n) is 0.852. The van der Waals surface area contributed by atoms with E-state index in [1.807, 2.05) is 0 Å². The largest absolute Gasteiger partial charge is 0.469 e. The van der Waals surface area contributed by atoms with Gasteiger partial charge in [0.1, 0.15) is 0 Å². The van der Waals surface area contributed by atoms with Gasteiger partial charge in [0.25, 0.3) is 0 Å². The topological polar surface area (TPSA) is 55.0 Å². The van der Waals surface area contributed by atoms with Crippen LogP contribution in [0.1, 0.15) is 12.1 Å². The fourth-order valence-corrected chi connectivity index (χ4v) is 1.32. The van der Waals surface area contributed by atoms with Gasteiger partial charge in [-0.25, -0.2) is 4.98 Å². The summed E-state index contributed by atoms with van der Waals surface area (Å²) < 4.78 is 4.47. The lowest BCUT2D eigenvalue weighted by Gasteiger charge is -1.96. The van der Waals surface area contributed by atoms with Gasteiger partial charge in [0, 0.05) is 6.42 Å². The maximum Gasteiger partial charge on any atom is 0.305 e. The van der Waals surface area contributed by atoms with Crippen molar-refractivity contribution >= 4 is 29.2 Å². The monoisotopic (exact) mass is 222 g/mol. The van der Waals surface area contributed by atoms with Gasteiger partial charge in [0.05, 0.1) is 19.2 Å². The van der Waals surface area contributed by atoms with Gasteiger partial charge in [-0.2, -0.15) is 0 Å². The molecular formula is C7H8Cl2N2O2. The molecule has 0 aliphatic rings. The van der Waals surface area contributed by atoms with Crippen molar-refractivity contribution in [3.63, 3.8) is 0 Å². The van der Waals surface area contributed by atoms with Crippen LogP contribution in [0, 0.1) is 0 Å². The summed E-state index contributed by atoms with van der Waals surface area (Å²) in [6.07, 6.45) is 0.708. The summed E-state index contributed by atoms with van der Waals surface area (Å²) in [4.78, 5) is 17.2. The normalized spacial score (nSPS) is 10.1. The van der Waals surface area contributed by atoms with Crippen LogP contribution in [-0.4, -0.2) is 23.0 Å². The first kappa shape index (κ1) is 10.3. The molecule has 72 valence electrons. The van der Waals surface area contributed by atoms with Gasteiger partial charge < -0.3 is 9.72 Å². The Morgan fingerprint density at radius 2 is 2.31 bits per heavy atom. The highest BCUT2D eigenvalue weighted by Gasteiger charge is 2.08. The summed E-state index contributed by atoms with van der Waals surface area (Å²) >= 11 is 11.2. The lowest BCUT2D eigenvalue weighted by atomic mass is 10.2. The lowest BCUT2D eigenvalue weighted by Crippen LogP contribution is -2.02. The SMILES string of the molecule is COC(=O)CCc1[nH]c(Cl)nc1Cl. The van der Waals surface area contributed by atoms with Crippen molar-refractivity contribution in [1.29, 1.82) is 0 Å². The van der Waals surface area contributed by atoms with Crippen LogP contribution >= 0.6 is 23.2 Å². The van der Waals surface area contributed by atoms with Gasteiger partial charge in [-0.15, -0.1) is 0 Å². The van der Waals surface area contributed by atoms with Crippen LogP contribution in [0.2, 0.25) is 10.4 Å². The van der Waals surface area contributed by atoms with Gasteiger partial charge in [0.2, 0.25) is 5.28 Å². The van der Waals surface area contributed by atoms with E-state index in [0.29, 0.717) is 17.3 Å². The molecule has 4 nitrogen and oxygen atoms in total. The van der Waals surface area contributed by atoms with E-state index in [-0.39, 0.29) is 17.7 Å². The number of ether oxygens (including phenoxy) is 1. The zero-order valence-electron chi connectivity index (χ0n) is 6.93. The number of rotatable bonds is 3. The van der Waals surface area contributed by atoms with Crippen LogP contribution in [0.5, 0.6) is 0 Å². The van der Waals surface area contributed by atoms with Crippen molar-refractivity contribution in [3.8, 4) is 0 Å². The van der Waals surface area contributed by atoms with Crippen LogP contribution in [0.3, 0.4) is 0 Å². The molecular weight excluding hydrogens is 215 g/mol. The van der Waals surface area contributed by atoms with E-state index >= 15 is 0 Å². The predicted octanol–water partition coefficient (Wildman–Crippen LogP) is 1.82. The molecule has 0 spiro atoms. The van der Waals surface area contributed by atoms with Crippen LogP contribution in [0.25, 0.3) is 0 Å². The summed E-state index contributed by atoms with van der Waals surface area (Å²) in [7, 11) is 1.34. The first-order valence-corrected chi connectivity index (χ1v) is 4.35. The van der Waals surface area contributed by atoms with E-state index in [2.05, 4.69) is 14.7 Å². The number of nitrogens with zero attached hydrogens (tertiary/aromatic N) is 1. The Morgan fingerprint density at radius 1 is 1.62 bits per heavy atom. The molecule has 1 heterocycles. The van der Waals surface area contributed by atoms with Gasteiger partial charge in [-0.05, 0) is 11.6 Å². The average Bonchev–Trinajstić information content (AvgIpc) is 2.41. The van der Waals surface area contributed by atoms with E-state index in [9.17, 15) is 4.79 Å². The van der Waals surface area contributed by atoms with E-state index in [0.717, 1.165) is 0 Å². The Labute approximate surface area is 85.2 Å². The highest BCUT2D eigenvalue weighted by atomic mass is 35.5. The molecule has 13 heavy (non-hydrogen) atoms. The van der Waals surface area contributed by atoms with E-state index < -0.39 is 0 Å². The maximum absolute atomic E-state index is 10.8. The fraction of sp³-hybridized carbons (Fsp3) is 0.429. The molecule has 0 aliphatic carbocycles. The molecule has 1 N–H and O–H groups in total. The molecule has 0 aromatic carbocycles. The molecule has 0 bridgehead atoms. The summed E-state index contributed by atoms with van der Waals surface area (Å²) in [5.41, 5.74) is 0.650. The number of imidazole rings is 1. The van der Waals surface area contributed by atoms with E-state index in [1.165, 1.54) is 7.11 Å². The number of hydrogen-bond acceptors (Lipinski definition) is 3. The molecule has 0 radical (unpaired) electrons. The van der Waals surface area contributed by atoms with Gasteiger partial charge in [-0.1, -0.05) is 11.6 Å². The molecule has 6 heteroatoms. The minimum absolute atomic E-state index is 0.227. The van der Waals surface area contributed by atoms with Crippen molar-refractivity contribution in [1.82, 2.24) is 9.97 Å². The van der Waals surface area contributed by atoms with E-state index in [4.69, 9.17) is 23.2 Å². The number of hydrogen-bond donors (Lipinski definition) is 1. The first-order valence-electron chi connectivity index (χ1n) is 3.60. The molecule has 0 fully saturated rings. The number of aromatic nitrogens is 2. The van der Waals surface area contributed by atoms with Crippen molar-refractivity contribution in [3.05, 3.63) is 16.1 Å². The van der Waals surface area contributed by atoms with Crippen LogP contribution in [-0.2, 0) is 16.0 Å². The first-order chi connectivity index (χ1) is 6.13. The second-order valence-electron chi connectivity index (χ2n) is 2.37. The Kier molecular flexibility index (Phi) is 3.57. The summed E-state index contributed by atoms with van der Waals surface area (Å²) in [5, 5.41) is 0.527. The molecule has 0 aliphatic heterocycles. The third-order valence-electron chi connectivity index (χ3n) is 1.51. The Balaban J connectivity index is 2.54. The molecule has 0 amide bonds. The molecule has 0 atom stereocenters. The third kappa shape index (κ3) is 2.90. The Bertz CT molecular complexity index is 311. The molecule has 0 saturated carbocycles. The van der Waals surface area contributed by atoms with Crippen molar-refractivity contribution in [2.45, 2.75) is 12.8 Å². The number of carbonyl (C=O) groups excluding carboxylic acids is 1. The molecule has 0 unspecified atom stereocenters. The minimum atomic E-state index is -0.290. The molecule has 0 saturated heterocycles. The number of aromatic amines is 1. The molecule has 1 aromatic heterocycles. The number of halogens is 2. The highest BCUT2D eigenvalue weighted by Crippen LogP contribution is 2.16. The van der Waals surface area contributed by atoms with Crippen LogP contribution < -0.4 is 0 Å². The standard InChI is InChI=1S/C7H8Cl2N2O2/c1-13-5(12)3-2-4-6(8)11-7(9)10-4/h2-3H2,1H3,(H,10,11). The number of methoxy groups -OCH3 is 1. The predicted molar refractivity (Wildman–Crippen MR) is 48.9 cm³/mol. The smallest absolute Gasteiger partial charge is 0.305 e. The summed E-state index contributed by atoms with van der Waals surface area (Å²) in [6.45, 7) is 0. The second-order valence-corrected chi connectivity index (χ2v) is 3.09. The Morgan fingerprint density at radius 3 is 2.77 bits per heavy atom. The average molecular weight is 223 g/mol. The highest BCUT2D eigenvalue weighted by molar-refractivity contribution is 6.32. The zero-order chi connectivity index (χ0) is 9.84. The lowest BCUT2D eigenvalue weighted by molar-refractivity contribution is -0.140. The summed E-state index contributed by atoms with van der Waals surface area (Å²) in [5.74, 6) is -0.290. The van der Waals surface area contributed by atoms with Gasteiger partial charge in [-0.3, -0.25) is 4.79 Å². The number of esters is 1. The quantitative estimate of drug-likeness (QED) is 0.795. The van der Waals surface area contributed by atoms with Crippen molar-refractivity contribution in [2.24, 2.45) is 0 Å². The van der Waals surface area contributed by atoms with Crippen LogP contribution in [0.4, 0.5) is 0 Å². The number of nitrogens with one attached hydrogen (secondary N) is 1. The number of carbonyl (C=O) groups is 1. The molecule has 1 aromatic rings. The van der Waals surface area contributed by atoms with Crippen LogP contribution in [0.15, 0.2) is 0 Å². The number of aryl methyl sites for hydroxylation is 1. The Hall–Kier alpha value is -0.740.